The van der Waals surface area contributed by atoms with Crippen molar-refractivity contribution in [1.82, 2.24) is 0 Å². The lowest BCUT2D eigenvalue weighted by molar-refractivity contribution is 0.414. The second-order valence-electron chi connectivity index (χ2n) is 3.85. The second-order valence-corrected chi connectivity index (χ2v) is 3.85. The third-order valence-electron chi connectivity index (χ3n) is 2.60. The number of benzene rings is 1. The second kappa shape index (κ2) is 5.42. The van der Waals surface area contributed by atoms with Gasteiger partial charge in [0.15, 0.2) is 0 Å². The smallest absolute Gasteiger partial charge is 0.128 e. The lowest BCUT2D eigenvalue weighted by Gasteiger charge is -2.17. The van der Waals surface area contributed by atoms with Crippen LogP contribution < -0.4 is 15.6 Å². The van der Waals surface area contributed by atoms with Crippen LogP contribution in [0.5, 0.6) is 5.75 Å². The number of methoxy groups -OCH3 is 1. The van der Waals surface area contributed by atoms with E-state index in [0.29, 0.717) is 0 Å². The van der Waals surface area contributed by atoms with Gasteiger partial charge in [0.1, 0.15) is 11.5 Å². The van der Waals surface area contributed by atoms with Crippen molar-refractivity contribution < 1.29 is 9.15 Å². The van der Waals surface area contributed by atoms with Gasteiger partial charge in [-0.25, -0.2) is 5.84 Å². The summed E-state index contributed by atoms with van der Waals surface area (Å²) in [6.45, 7) is 0. The average molecular weight is 244 g/mol. The molecular formula is C14H16N2O2. The molecule has 0 atom stereocenters. The van der Waals surface area contributed by atoms with E-state index in [9.17, 15) is 0 Å². The maximum atomic E-state index is 5.81. The van der Waals surface area contributed by atoms with Crippen molar-refractivity contribution in [2.75, 3.05) is 19.2 Å². The van der Waals surface area contributed by atoms with Crippen LogP contribution in [0.4, 0.5) is 5.69 Å². The molecule has 0 spiro atoms. The van der Waals surface area contributed by atoms with Crippen molar-refractivity contribution in [3.63, 3.8) is 0 Å². The molecule has 2 aromatic rings. The largest absolute Gasteiger partial charge is 0.496 e. The molecule has 2 N–H and O–H groups in total. The quantitative estimate of drug-likeness (QED) is 0.663. The Morgan fingerprint density at radius 1 is 1.22 bits per heavy atom. The Bertz CT molecular complexity index is 531. The zero-order valence-corrected chi connectivity index (χ0v) is 10.5. The van der Waals surface area contributed by atoms with Gasteiger partial charge in [-0.3, -0.25) is 0 Å². The SMILES string of the molecule is COc1cccc(N(C)N)c1/C=C/c1ccco1. The number of hydrazine groups is 1. The predicted octanol–water partition coefficient (Wildman–Crippen LogP) is 2.77. The number of rotatable bonds is 4. The van der Waals surface area contributed by atoms with E-state index in [1.807, 2.05) is 42.5 Å². The molecule has 1 heterocycles. The summed E-state index contributed by atoms with van der Waals surface area (Å²) >= 11 is 0. The van der Waals surface area contributed by atoms with Crippen LogP contribution in [0.2, 0.25) is 0 Å². The molecule has 1 aromatic carbocycles. The summed E-state index contributed by atoms with van der Waals surface area (Å²) in [7, 11) is 3.43. The van der Waals surface area contributed by atoms with Crippen molar-refractivity contribution in [3.05, 3.63) is 47.9 Å². The highest BCUT2D eigenvalue weighted by Gasteiger charge is 2.08. The summed E-state index contributed by atoms with van der Waals surface area (Å²) in [4.78, 5) is 0. The van der Waals surface area contributed by atoms with Gasteiger partial charge in [-0.2, -0.15) is 0 Å². The standard InChI is InChI=1S/C14H16N2O2/c1-16(15)13-6-3-7-14(17-2)12(13)9-8-11-5-4-10-18-11/h3-10H,15H2,1-2H3/b9-8+. The Kier molecular flexibility index (Phi) is 3.69. The first kappa shape index (κ1) is 12.3. The van der Waals surface area contributed by atoms with Gasteiger partial charge in [0.25, 0.3) is 0 Å². The number of hydrogen-bond donors (Lipinski definition) is 1. The van der Waals surface area contributed by atoms with Gasteiger partial charge in [-0.05, 0) is 36.4 Å². The fourth-order valence-electron chi connectivity index (χ4n) is 1.74. The van der Waals surface area contributed by atoms with Crippen LogP contribution in [-0.4, -0.2) is 14.2 Å². The van der Waals surface area contributed by atoms with Gasteiger partial charge in [-0.15, -0.1) is 0 Å². The van der Waals surface area contributed by atoms with Gasteiger partial charge in [0, 0.05) is 12.6 Å². The third-order valence-corrected chi connectivity index (χ3v) is 2.60. The molecule has 0 radical (unpaired) electrons. The van der Waals surface area contributed by atoms with Crippen molar-refractivity contribution in [2.45, 2.75) is 0 Å². The molecule has 0 aliphatic carbocycles. The molecule has 4 heteroatoms. The van der Waals surface area contributed by atoms with Crippen LogP contribution in [0.25, 0.3) is 12.2 Å². The van der Waals surface area contributed by atoms with E-state index in [-0.39, 0.29) is 0 Å². The number of nitrogens with zero attached hydrogens (tertiary/aromatic N) is 1. The van der Waals surface area contributed by atoms with Crippen LogP contribution in [0.1, 0.15) is 11.3 Å². The van der Waals surface area contributed by atoms with E-state index in [1.165, 1.54) is 0 Å². The molecule has 18 heavy (non-hydrogen) atoms. The molecule has 0 amide bonds. The first-order valence-electron chi connectivity index (χ1n) is 5.59. The van der Waals surface area contributed by atoms with Gasteiger partial charge in [-0.1, -0.05) is 6.07 Å². The summed E-state index contributed by atoms with van der Waals surface area (Å²) in [6.07, 6.45) is 5.44. The van der Waals surface area contributed by atoms with Crippen LogP contribution in [0, 0.1) is 0 Å². The molecule has 1 aromatic heterocycles. The zero-order chi connectivity index (χ0) is 13.0. The van der Waals surface area contributed by atoms with Crippen molar-refractivity contribution in [2.24, 2.45) is 5.84 Å². The average Bonchev–Trinajstić information content (AvgIpc) is 2.88. The number of hydrogen-bond acceptors (Lipinski definition) is 4. The molecule has 0 saturated heterocycles. The van der Waals surface area contributed by atoms with E-state index >= 15 is 0 Å². The van der Waals surface area contributed by atoms with Crippen molar-refractivity contribution in [1.29, 1.82) is 0 Å². The number of ether oxygens (including phenoxy) is 1. The molecule has 94 valence electrons. The Labute approximate surface area is 106 Å². The molecule has 0 bridgehead atoms. The van der Waals surface area contributed by atoms with Crippen molar-refractivity contribution >= 4 is 17.8 Å². The highest BCUT2D eigenvalue weighted by atomic mass is 16.5. The maximum Gasteiger partial charge on any atom is 0.128 e. The van der Waals surface area contributed by atoms with Crippen molar-refractivity contribution in [3.8, 4) is 5.75 Å². The fourth-order valence-corrected chi connectivity index (χ4v) is 1.74. The lowest BCUT2D eigenvalue weighted by Crippen LogP contribution is -2.25. The minimum Gasteiger partial charge on any atom is -0.496 e. The normalized spacial score (nSPS) is 10.8. The van der Waals surface area contributed by atoms with Gasteiger partial charge in [0.2, 0.25) is 0 Å². The fraction of sp³-hybridized carbons (Fsp3) is 0.143. The summed E-state index contributed by atoms with van der Waals surface area (Å²) in [5, 5.41) is 1.56. The molecule has 0 fully saturated rings. The zero-order valence-electron chi connectivity index (χ0n) is 10.5. The van der Waals surface area contributed by atoms with Gasteiger partial charge >= 0.3 is 0 Å². The summed E-state index contributed by atoms with van der Waals surface area (Å²) < 4.78 is 10.6. The van der Waals surface area contributed by atoms with Crippen LogP contribution in [0.3, 0.4) is 0 Å². The summed E-state index contributed by atoms with van der Waals surface area (Å²) in [5.74, 6) is 7.36. The molecule has 0 unspecified atom stereocenters. The molecule has 0 aliphatic heterocycles. The molecular weight excluding hydrogens is 228 g/mol. The van der Waals surface area contributed by atoms with E-state index in [0.717, 1.165) is 22.8 Å². The predicted molar refractivity (Wildman–Crippen MR) is 73.2 cm³/mol. The number of nitrogens with two attached hydrogens (primary N) is 1. The lowest BCUT2D eigenvalue weighted by atomic mass is 10.1. The van der Waals surface area contributed by atoms with E-state index in [2.05, 4.69) is 0 Å². The highest BCUT2D eigenvalue weighted by molar-refractivity contribution is 5.79. The first-order valence-corrected chi connectivity index (χ1v) is 5.59. The van der Waals surface area contributed by atoms with E-state index in [1.54, 1.807) is 25.4 Å². The first-order chi connectivity index (χ1) is 8.72. The third kappa shape index (κ3) is 2.55. The van der Waals surface area contributed by atoms with E-state index in [4.69, 9.17) is 15.0 Å². The van der Waals surface area contributed by atoms with Gasteiger partial charge in [0.05, 0.1) is 19.1 Å². The van der Waals surface area contributed by atoms with Crippen LogP contribution in [-0.2, 0) is 0 Å². The maximum absolute atomic E-state index is 5.81. The van der Waals surface area contributed by atoms with Crippen LogP contribution in [0.15, 0.2) is 41.0 Å². The summed E-state index contributed by atoms with van der Waals surface area (Å²) in [6, 6.07) is 9.47. The Morgan fingerprint density at radius 2 is 2.06 bits per heavy atom. The van der Waals surface area contributed by atoms with E-state index < -0.39 is 0 Å². The van der Waals surface area contributed by atoms with Crippen LogP contribution >= 0.6 is 0 Å². The molecule has 0 saturated carbocycles. The summed E-state index contributed by atoms with van der Waals surface area (Å²) in [5.41, 5.74) is 1.80. The number of anilines is 1. The highest BCUT2D eigenvalue weighted by Crippen LogP contribution is 2.29. The van der Waals surface area contributed by atoms with Gasteiger partial charge < -0.3 is 14.2 Å². The topological polar surface area (TPSA) is 51.6 Å². The Hall–Kier alpha value is -2.20. The molecule has 4 nitrogen and oxygen atoms in total. The Balaban J connectivity index is 2.41. The molecule has 0 aliphatic rings. The number of furan rings is 1. The molecule has 2 rings (SSSR count). The minimum absolute atomic E-state index is 0.771. The minimum atomic E-state index is 0.771. The monoisotopic (exact) mass is 244 g/mol. The Morgan fingerprint density at radius 3 is 2.67 bits per heavy atom.